The molecular formula is C18H17BrClF3N2O. The summed E-state index contributed by atoms with van der Waals surface area (Å²) >= 11 is 9.62. The number of piperazine rings is 1. The Morgan fingerprint density at radius 2 is 1.73 bits per heavy atom. The third-order valence-electron chi connectivity index (χ3n) is 4.20. The molecule has 0 unspecified atom stereocenters. The van der Waals surface area contributed by atoms with Gasteiger partial charge < -0.3 is 10.1 Å². The summed E-state index contributed by atoms with van der Waals surface area (Å²) in [4.78, 5) is 2.30. The molecule has 0 saturated carbocycles. The second-order valence-corrected chi connectivity index (χ2v) is 7.26. The second-order valence-electron chi connectivity index (χ2n) is 5.97. The van der Waals surface area contributed by atoms with Gasteiger partial charge in [-0.2, -0.15) is 0 Å². The predicted molar refractivity (Wildman–Crippen MR) is 98.6 cm³/mol. The van der Waals surface area contributed by atoms with Crippen molar-refractivity contribution in [1.29, 1.82) is 0 Å². The van der Waals surface area contributed by atoms with Gasteiger partial charge in [0.15, 0.2) is 0 Å². The number of benzene rings is 2. The average Bonchev–Trinajstić information content (AvgIpc) is 2.58. The lowest BCUT2D eigenvalue weighted by Crippen LogP contribution is -2.45. The largest absolute Gasteiger partial charge is 0.573 e. The molecule has 0 aromatic heterocycles. The number of halogens is 5. The summed E-state index contributed by atoms with van der Waals surface area (Å²) in [5, 5.41) is 3.93. The van der Waals surface area contributed by atoms with E-state index in [1.807, 2.05) is 18.2 Å². The van der Waals surface area contributed by atoms with Gasteiger partial charge in [-0.1, -0.05) is 45.7 Å². The van der Waals surface area contributed by atoms with Crippen molar-refractivity contribution in [2.24, 2.45) is 0 Å². The van der Waals surface area contributed by atoms with E-state index in [0.717, 1.165) is 41.8 Å². The molecule has 2 aromatic rings. The summed E-state index contributed by atoms with van der Waals surface area (Å²) in [7, 11) is 0. The highest BCUT2D eigenvalue weighted by Gasteiger charge is 2.31. The molecule has 0 spiro atoms. The van der Waals surface area contributed by atoms with Crippen LogP contribution >= 0.6 is 27.5 Å². The van der Waals surface area contributed by atoms with Crippen molar-refractivity contribution in [1.82, 2.24) is 10.2 Å². The predicted octanol–water partition coefficient (Wildman–Crippen LogP) is 5.00. The van der Waals surface area contributed by atoms with Crippen LogP contribution < -0.4 is 10.1 Å². The minimum absolute atomic E-state index is 0.0938. The molecule has 3 rings (SSSR count). The Labute approximate surface area is 163 Å². The highest BCUT2D eigenvalue weighted by atomic mass is 79.9. The van der Waals surface area contributed by atoms with Crippen LogP contribution in [0.25, 0.3) is 0 Å². The van der Waals surface area contributed by atoms with E-state index in [1.165, 1.54) is 12.1 Å². The van der Waals surface area contributed by atoms with Crippen LogP contribution in [0.4, 0.5) is 13.2 Å². The van der Waals surface area contributed by atoms with Crippen LogP contribution in [0.15, 0.2) is 46.9 Å². The number of hydrogen-bond donors (Lipinski definition) is 1. The molecule has 1 saturated heterocycles. The monoisotopic (exact) mass is 448 g/mol. The molecule has 1 aliphatic heterocycles. The van der Waals surface area contributed by atoms with Gasteiger partial charge in [0.25, 0.3) is 0 Å². The summed E-state index contributed by atoms with van der Waals surface area (Å²) in [6.07, 6.45) is -4.70. The van der Waals surface area contributed by atoms with Crippen molar-refractivity contribution in [3.8, 4) is 5.75 Å². The Kier molecular flexibility index (Phi) is 6.12. The minimum atomic E-state index is -4.70. The van der Waals surface area contributed by atoms with E-state index in [0.29, 0.717) is 5.02 Å². The minimum Gasteiger partial charge on any atom is -0.406 e. The van der Waals surface area contributed by atoms with Gasteiger partial charge in [-0.3, -0.25) is 4.90 Å². The van der Waals surface area contributed by atoms with E-state index in [4.69, 9.17) is 11.6 Å². The zero-order valence-electron chi connectivity index (χ0n) is 13.7. The maximum absolute atomic E-state index is 12.4. The maximum Gasteiger partial charge on any atom is 0.573 e. The fourth-order valence-corrected chi connectivity index (χ4v) is 4.00. The third kappa shape index (κ3) is 4.91. The summed E-state index contributed by atoms with van der Waals surface area (Å²) in [5.74, 6) is -0.226. The molecule has 0 amide bonds. The number of alkyl halides is 3. The summed E-state index contributed by atoms with van der Waals surface area (Å²) in [6, 6.07) is 11.5. The van der Waals surface area contributed by atoms with Crippen LogP contribution in [0, 0.1) is 0 Å². The first-order valence-electron chi connectivity index (χ1n) is 8.09. The molecule has 1 atom stereocenters. The topological polar surface area (TPSA) is 24.5 Å². The molecule has 0 aliphatic carbocycles. The van der Waals surface area contributed by atoms with Crippen molar-refractivity contribution >= 4 is 27.5 Å². The van der Waals surface area contributed by atoms with Gasteiger partial charge in [0.2, 0.25) is 0 Å². The van der Waals surface area contributed by atoms with Crippen molar-refractivity contribution in [3.63, 3.8) is 0 Å². The lowest BCUT2D eigenvalue weighted by Gasteiger charge is -2.36. The Morgan fingerprint density at radius 1 is 1.08 bits per heavy atom. The van der Waals surface area contributed by atoms with Crippen molar-refractivity contribution < 1.29 is 17.9 Å². The van der Waals surface area contributed by atoms with Gasteiger partial charge in [0.05, 0.1) is 6.04 Å². The van der Waals surface area contributed by atoms with E-state index in [1.54, 1.807) is 12.1 Å². The van der Waals surface area contributed by atoms with Gasteiger partial charge in [0, 0.05) is 35.7 Å². The fourth-order valence-electron chi connectivity index (χ4n) is 3.10. The molecule has 8 heteroatoms. The van der Waals surface area contributed by atoms with E-state index < -0.39 is 6.36 Å². The standard InChI is InChI=1S/C18H17BrClF3N2O/c19-16-11-13(20)3-6-15(16)17(25-9-7-24-8-10-25)12-1-4-14(5-2-12)26-18(21,22)23/h1-6,11,17,24H,7-10H2/t17-/m1/s1. The van der Waals surface area contributed by atoms with Crippen LogP contribution in [0.3, 0.4) is 0 Å². The lowest BCUT2D eigenvalue weighted by molar-refractivity contribution is -0.274. The van der Waals surface area contributed by atoms with Crippen LogP contribution in [0.5, 0.6) is 5.75 Å². The quantitative estimate of drug-likeness (QED) is 0.711. The van der Waals surface area contributed by atoms with Crippen LogP contribution in [-0.2, 0) is 0 Å². The van der Waals surface area contributed by atoms with Crippen molar-refractivity contribution in [2.45, 2.75) is 12.4 Å². The summed E-state index contributed by atoms with van der Waals surface area (Å²) in [5.41, 5.74) is 1.91. The van der Waals surface area contributed by atoms with Gasteiger partial charge in [-0.05, 0) is 35.4 Å². The highest BCUT2D eigenvalue weighted by molar-refractivity contribution is 9.10. The summed E-state index contributed by atoms with van der Waals surface area (Å²) < 4.78 is 42.0. The van der Waals surface area contributed by atoms with E-state index >= 15 is 0 Å². The first-order chi connectivity index (χ1) is 12.3. The first-order valence-corrected chi connectivity index (χ1v) is 9.26. The average molecular weight is 450 g/mol. The molecule has 1 fully saturated rings. The third-order valence-corrected chi connectivity index (χ3v) is 5.13. The Hall–Kier alpha value is -1.28. The molecule has 0 bridgehead atoms. The number of nitrogens with one attached hydrogen (secondary N) is 1. The summed E-state index contributed by atoms with van der Waals surface area (Å²) in [6.45, 7) is 3.38. The normalized spacial score (nSPS) is 17.1. The highest BCUT2D eigenvalue weighted by Crippen LogP contribution is 2.36. The molecule has 140 valence electrons. The molecule has 1 heterocycles. The zero-order valence-corrected chi connectivity index (χ0v) is 16.0. The molecule has 1 N–H and O–H groups in total. The number of ether oxygens (including phenoxy) is 1. The van der Waals surface area contributed by atoms with Gasteiger partial charge >= 0.3 is 6.36 Å². The van der Waals surface area contributed by atoms with E-state index in [2.05, 4.69) is 30.9 Å². The molecule has 3 nitrogen and oxygen atoms in total. The smallest absolute Gasteiger partial charge is 0.406 e. The first kappa shape index (κ1) is 19.5. The lowest BCUT2D eigenvalue weighted by atomic mass is 9.96. The SMILES string of the molecule is FC(F)(F)Oc1ccc([C@H](c2ccc(Cl)cc2Br)N2CCNCC2)cc1. The maximum atomic E-state index is 12.4. The van der Waals surface area contributed by atoms with Crippen LogP contribution in [0.1, 0.15) is 17.2 Å². The van der Waals surface area contributed by atoms with E-state index in [-0.39, 0.29) is 11.8 Å². The van der Waals surface area contributed by atoms with Crippen LogP contribution in [-0.4, -0.2) is 37.4 Å². The van der Waals surface area contributed by atoms with Gasteiger partial charge in [-0.15, -0.1) is 13.2 Å². The molecule has 0 radical (unpaired) electrons. The molecule has 2 aromatic carbocycles. The van der Waals surface area contributed by atoms with E-state index in [9.17, 15) is 13.2 Å². The van der Waals surface area contributed by atoms with Crippen molar-refractivity contribution in [2.75, 3.05) is 26.2 Å². The molecular weight excluding hydrogens is 433 g/mol. The molecule has 1 aliphatic rings. The van der Waals surface area contributed by atoms with Crippen LogP contribution in [0.2, 0.25) is 5.02 Å². The number of nitrogens with zero attached hydrogens (tertiary/aromatic N) is 1. The second kappa shape index (κ2) is 8.17. The van der Waals surface area contributed by atoms with Crippen molar-refractivity contribution in [3.05, 3.63) is 63.1 Å². The van der Waals surface area contributed by atoms with Gasteiger partial charge in [-0.25, -0.2) is 0 Å². The number of hydrogen-bond acceptors (Lipinski definition) is 3. The number of rotatable bonds is 4. The van der Waals surface area contributed by atoms with Gasteiger partial charge in [0.1, 0.15) is 5.75 Å². The zero-order chi connectivity index (χ0) is 18.7. The Bertz CT molecular complexity index is 749. The Morgan fingerprint density at radius 3 is 2.31 bits per heavy atom. The fraction of sp³-hybridized carbons (Fsp3) is 0.333. The Balaban J connectivity index is 1.95. The molecule has 26 heavy (non-hydrogen) atoms.